The molecule has 1 aromatic rings. The molecule has 1 unspecified atom stereocenters. The predicted molar refractivity (Wildman–Crippen MR) is 101 cm³/mol. The topological polar surface area (TPSA) is 54.3 Å². The highest BCUT2D eigenvalue weighted by molar-refractivity contribution is 5.96. The van der Waals surface area contributed by atoms with Crippen LogP contribution in [-0.2, 0) is 11.3 Å². The third kappa shape index (κ3) is 4.86. The molecule has 2 amide bonds. The SMILES string of the molecule is CCCCC(=O)N1CCCCC(NC(=O)c2cc(C)n(CC)c2C)C1. The van der Waals surface area contributed by atoms with Gasteiger partial charge in [0.1, 0.15) is 0 Å². The summed E-state index contributed by atoms with van der Waals surface area (Å²) in [6.07, 6.45) is 5.61. The molecule has 1 fully saturated rings. The number of unbranched alkanes of at least 4 members (excludes halogenated alkanes) is 1. The van der Waals surface area contributed by atoms with Gasteiger partial charge in [0.15, 0.2) is 0 Å². The number of carbonyl (C=O) groups is 2. The molecule has 140 valence electrons. The number of amides is 2. The van der Waals surface area contributed by atoms with Gasteiger partial charge in [0.05, 0.1) is 5.56 Å². The Morgan fingerprint density at radius 2 is 2.00 bits per heavy atom. The van der Waals surface area contributed by atoms with Crippen molar-refractivity contribution >= 4 is 11.8 Å². The van der Waals surface area contributed by atoms with Gasteiger partial charge in [0, 0.05) is 43.5 Å². The lowest BCUT2D eigenvalue weighted by molar-refractivity contribution is -0.131. The molecule has 25 heavy (non-hydrogen) atoms. The van der Waals surface area contributed by atoms with Crippen molar-refractivity contribution in [3.63, 3.8) is 0 Å². The molecule has 1 saturated heterocycles. The van der Waals surface area contributed by atoms with Gasteiger partial charge in [-0.1, -0.05) is 13.3 Å². The van der Waals surface area contributed by atoms with Crippen molar-refractivity contribution < 1.29 is 9.59 Å². The Labute approximate surface area is 151 Å². The number of hydrogen-bond acceptors (Lipinski definition) is 2. The van der Waals surface area contributed by atoms with E-state index in [4.69, 9.17) is 0 Å². The van der Waals surface area contributed by atoms with Crippen LogP contribution >= 0.6 is 0 Å². The third-order valence-electron chi connectivity index (χ3n) is 5.24. The van der Waals surface area contributed by atoms with Crippen molar-refractivity contribution in [2.75, 3.05) is 13.1 Å². The monoisotopic (exact) mass is 347 g/mol. The summed E-state index contributed by atoms with van der Waals surface area (Å²) in [4.78, 5) is 27.1. The van der Waals surface area contributed by atoms with E-state index < -0.39 is 0 Å². The Kier molecular flexibility index (Phi) is 7.09. The molecule has 1 aromatic heterocycles. The first-order chi connectivity index (χ1) is 12.0. The fourth-order valence-corrected chi connectivity index (χ4v) is 3.75. The van der Waals surface area contributed by atoms with Crippen LogP contribution in [0.1, 0.15) is 74.1 Å². The molecule has 0 aliphatic carbocycles. The number of nitrogens with one attached hydrogen (secondary N) is 1. The molecule has 5 nitrogen and oxygen atoms in total. The smallest absolute Gasteiger partial charge is 0.253 e. The second-order valence-electron chi connectivity index (χ2n) is 7.14. The maximum absolute atomic E-state index is 12.7. The number of carbonyl (C=O) groups excluding carboxylic acids is 2. The zero-order chi connectivity index (χ0) is 18.4. The van der Waals surface area contributed by atoms with E-state index >= 15 is 0 Å². The Morgan fingerprint density at radius 3 is 2.64 bits per heavy atom. The Morgan fingerprint density at radius 1 is 1.24 bits per heavy atom. The average Bonchev–Trinajstić information content (AvgIpc) is 2.76. The van der Waals surface area contributed by atoms with Gasteiger partial charge in [-0.2, -0.15) is 0 Å². The summed E-state index contributed by atoms with van der Waals surface area (Å²) in [6, 6.07) is 2.01. The lowest BCUT2D eigenvalue weighted by Gasteiger charge is -2.25. The molecule has 0 spiro atoms. The van der Waals surface area contributed by atoms with Gasteiger partial charge in [-0.25, -0.2) is 0 Å². The highest BCUT2D eigenvalue weighted by Crippen LogP contribution is 2.17. The fourth-order valence-electron chi connectivity index (χ4n) is 3.75. The number of aryl methyl sites for hydroxylation is 1. The Hall–Kier alpha value is -1.78. The number of likely N-dealkylation sites (tertiary alicyclic amines) is 1. The molecule has 0 radical (unpaired) electrons. The Balaban J connectivity index is 2.02. The maximum Gasteiger partial charge on any atom is 0.253 e. The van der Waals surface area contributed by atoms with Crippen molar-refractivity contribution in [1.82, 2.24) is 14.8 Å². The summed E-state index contributed by atoms with van der Waals surface area (Å²) in [5, 5.41) is 3.18. The van der Waals surface area contributed by atoms with Gasteiger partial charge in [-0.3, -0.25) is 9.59 Å². The summed E-state index contributed by atoms with van der Waals surface area (Å²) >= 11 is 0. The third-order valence-corrected chi connectivity index (χ3v) is 5.24. The lowest BCUT2D eigenvalue weighted by atomic mass is 10.1. The van der Waals surface area contributed by atoms with E-state index in [1.165, 1.54) is 0 Å². The van der Waals surface area contributed by atoms with E-state index in [-0.39, 0.29) is 17.9 Å². The highest BCUT2D eigenvalue weighted by atomic mass is 16.2. The van der Waals surface area contributed by atoms with Crippen LogP contribution in [0, 0.1) is 13.8 Å². The van der Waals surface area contributed by atoms with Crippen LogP contribution in [0.3, 0.4) is 0 Å². The minimum atomic E-state index is -0.0133. The van der Waals surface area contributed by atoms with Crippen molar-refractivity contribution in [3.8, 4) is 0 Å². The van der Waals surface area contributed by atoms with Crippen LogP contribution in [0.2, 0.25) is 0 Å². The van der Waals surface area contributed by atoms with Gasteiger partial charge in [0.25, 0.3) is 5.91 Å². The molecule has 0 aromatic carbocycles. The van der Waals surface area contributed by atoms with E-state index in [0.29, 0.717) is 13.0 Å². The van der Waals surface area contributed by atoms with Gasteiger partial charge < -0.3 is 14.8 Å². The average molecular weight is 348 g/mol. The first-order valence-corrected chi connectivity index (χ1v) is 9.73. The van der Waals surface area contributed by atoms with Crippen LogP contribution < -0.4 is 5.32 Å². The molecule has 1 atom stereocenters. The highest BCUT2D eigenvalue weighted by Gasteiger charge is 2.24. The van der Waals surface area contributed by atoms with E-state index in [9.17, 15) is 9.59 Å². The quantitative estimate of drug-likeness (QED) is 0.857. The molecule has 1 N–H and O–H groups in total. The summed E-state index contributed by atoms with van der Waals surface area (Å²) in [5.74, 6) is 0.216. The summed E-state index contributed by atoms with van der Waals surface area (Å²) in [6.45, 7) is 10.6. The first kappa shape index (κ1) is 19.5. The standard InChI is InChI=1S/C20H33N3O2/c1-5-7-11-19(24)22-12-9-8-10-17(14-22)21-20(25)18-13-15(3)23(6-2)16(18)4/h13,17H,5-12,14H2,1-4H3,(H,21,25). The number of hydrogen-bond donors (Lipinski definition) is 1. The summed E-state index contributed by atoms with van der Waals surface area (Å²) < 4.78 is 2.16. The van der Waals surface area contributed by atoms with Gasteiger partial charge in [-0.15, -0.1) is 0 Å². The van der Waals surface area contributed by atoms with Crippen molar-refractivity contribution in [3.05, 3.63) is 23.0 Å². The number of nitrogens with zero attached hydrogens (tertiary/aromatic N) is 2. The van der Waals surface area contributed by atoms with Crippen LogP contribution in [0.4, 0.5) is 0 Å². The van der Waals surface area contributed by atoms with E-state index in [1.807, 2.05) is 24.8 Å². The van der Waals surface area contributed by atoms with E-state index in [0.717, 1.165) is 62.1 Å². The zero-order valence-corrected chi connectivity index (χ0v) is 16.2. The Bertz CT molecular complexity index is 606. The molecule has 2 heterocycles. The zero-order valence-electron chi connectivity index (χ0n) is 16.2. The molecule has 0 bridgehead atoms. The second kappa shape index (κ2) is 9.07. The molecule has 5 heteroatoms. The van der Waals surface area contributed by atoms with E-state index in [2.05, 4.69) is 23.7 Å². The minimum absolute atomic E-state index is 0.0133. The van der Waals surface area contributed by atoms with Crippen molar-refractivity contribution in [2.45, 2.75) is 78.8 Å². The molecular formula is C20H33N3O2. The van der Waals surface area contributed by atoms with Crippen LogP contribution in [-0.4, -0.2) is 40.4 Å². The van der Waals surface area contributed by atoms with Crippen LogP contribution in [0.5, 0.6) is 0 Å². The molecule has 0 saturated carbocycles. The van der Waals surface area contributed by atoms with Crippen molar-refractivity contribution in [2.24, 2.45) is 0 Å². The van der Waals surface area contributed by atoms with Gasteiger partial charge >= 0.3 is 0 Å². The molecule has 2 rings (SSSR count). The first-order valence-electron chi connectivity index (χ1n) is 9.73. The summed E-state index contributed by atoms with van der Waals surface area (Å²) in [7, 11) is 0. The molecular weight excluding hydrogens is 314 g/mol. The fraction of sp³-hybridized carbons (Fsp3) is 0.700. The normalized spacial score (nSPS) is 18.1. The van der Waals surface area contributed by atoms with Gasteiger partial charge in [-0.05, 0) is 52.5 Å². The number of aromatic nitrogens is 1. The van der Waals surface area contributed by atoms with Gasteiger partial charge in [0.2, 0.25) is 5.91 Å². The van der Waals surface area contributed by atoms with E-state index in [1.54, 1.807) is 0 Å². The summed E-state index contributed by atoms with van der Waals surface area (Å²) in [5.41, 5.74) is 2.89. The minimum Gasteiger partial charge on any atom is -0.349 e. The second-order valence-corrected chi connectivity index (χ2v) is 7.14. The predicted octanol–water partition coefficient (Wildman–Crippen LogP) is 3.43. The molecule has 1 aliphatic heterocycles. The van der Waals surface area contributed by atoms with Crippen molar-refractivity contribution in [1.29, 1.82) is 0 Å². The maximum atomic E-state index is 12.7. The van der Waals surface area contributed by atoms with Crippen LogP contribution in [0.25, 0.3) is 0 Å². The number of rotatable bonds is 6. The molecule has 1 aliphatic rings. The largest absolute Gasteiger partial charge is 0.349 e. The lowest BCUT2D eigenvalue weighted by Crippen LogP contribution is -2.44. The van der Waals surface area contributed by atoms with Crippen LogP contribution in [0.15, 0.2) is 6.07 Å².